The van der Waals surface area contributed by atoms with Gasteiger partial charge in [-0.1, -0.05) is 18.7 Å². The van der Waals surface area contributed by atoms with Crippen molar-refractivity contribution >= 4 is 12.1 Å². The SMILES string of the molecule is C=CCOC(=O)NC(CC(=O)O)c1ccc(F)cc1F. The third-order valence-corrected chi connectivity index (χ3v) is 2.34. The Bertz CT molecular complexity index is 519. The molecule has 0 bridgehead atoms. The Kier molecular flexibility index (Phi) is 5.64. The minimum absolute atomic E-state index is 0.0719. The number of carboxylic acid groups (broad SMARTS) is 1. The molecule has 0 aromatic heterocycles. The van der Waals surface area contributed by atoms with Crippen LogP contribution in [0.3, 0.4) is 0 Å². The average molecular weight is 285 g/mol. The summed E-state index contributed by atoms with van der Waals surface area (Å²) in [5.41, 5.74) is -0.135. The van der Waals surface area contributed by atoms with Gasteiger partial charge in [-0.3, -0.25) is 4.79 Å². The van der Waals surface area contributed by atoms with Crippen LogP contribution in [0.1, 0.15) is 18.0 Å². The van der Waals surface area contributed by atoms with Crippen LogP contribution in [0.4, 0.5) is 13.6 Å². The van der Waals surface area contributed by atoms with Crippen molar-refractivity contribution in [2.24, 2.45) is 0 Å². The van der Waals surface area contributed by atoms with Gasteiger partial charge in [0.25, 0.3) is 0 Å². The van der Waals surface area contributed by atoms with Gasteiger partial charge >= 0.3 is 12.1 Å². The number of rotatable bonds is 6. The van der Waals surface area contributed by atoms with E-state index in [1.54, 1.807) is 0 Å². The molecule has 20 heavy (non-hydrogen) atoms. The maximum absolute atomic E-state index is 13.6. The summed E-state index contributed by atoms with van der Waals surface area (Å²) in [6, 6.07) is 1.50. The van der Waals surface area contributed by atoms with Crippen LogP contribution < -0.4 is 5.32 Å². The average Bonchev–Trinajstić information content (AvgIpc) is 2.35. The number of ether oxygens (including phenoxy) is 1. The van der Waals surface area contributed by atoms with Crippen LogP contribution >= 0.6 is 0 Å². The zero-order chi connectivity index (χ0) is 15.1. The van der Waals surface area contributed by atoms with Gasteiger partial charge in [-0.05, 0) is 6.07 Å². The highest BCUT2D eigenvalue weighted by molar-refractivity contribution is 5.72. The number of amides is 1. The molecule has 1 unspecified atom stereocenters. The number of carbonyl (C=O) groups is 2. The summed E-state index contributed by atoms with van der Waals surface area (Å²) in [6.07, 6.45) is -0.157. The van der Waals surface area contributed by atoms with Crippen molar-refractivity contribution in [2.45, 2.75) is 12.5 Å². The van der Waals surface area contributed by atoms with Crippen LogP contribution in [0.2, 0.25) is 0 Å². The molecule has 2 N–H and O–H groups in total. The highest BCUT2D eigenvalue weighted by atomic mass is 19.1. The molecule has 0 saturated heterocycles. The van der Waals surface area contributed by atoms with E-state index in [0.29, 0.717) is 6.07 Å². The molecular weight excluding hydrogens is 272 g/mol. The molecule has 1 aromatic rings. The molecule has 1 rings (SSSR count). The van der Waals surface area contributed by atoms with Gasteiger partial charge in [0.15, 0.2) is 0 Å². The summed E-state index contributed by atoms with van der Waals surface area (Å²) in [5, 5.41) is 11.0. The molecule has 0 fully saturated rings. The smallest absolute Gasteiger partial charge is 0.407 e. The lowest BCUT2D eigenvalue weighted by atomic mass is 10.0. The summed E-state index contributed by atoms with van der Waals surface area (Å²) in [7, 11) is 0. The lowest BCUT2D eigenvalue weighted by Crippen LogP contribution is -2.31. The monoisotopic (exact) mass is 285 g/mol. The Morgan fingerprint density at radius 1 is 1.45 bits per heavy atom. The Hall–Kier alpha value is -2.44. The number of hydrogen-bond donors (Lipinski definition) is 2. The van der Waals surface area contributed by atoms with Gasteiger partial charge in [0.2, 0.25) is 0 Å². The van der Waals surface area contributed by atoms with Crippen LogP contribution in [-0.2, 0) is 9.53 Å². The topological polar surface area (TPSA) is 75.6 Å². The third kappa shape index (κ3) is 4.68. The van der Waals surface area contributed by atoms with Crippen molar-refractivity contribution in [3.05, 3.63) is 48.1 Å². The van der Waals surface area contributed by atoms with E-state index in [-0.39, 0.29) is 12.2 Å². The van der Waals surface area contributed by atoms with Crippen LogP contribution in [0.5, 0.6) is 0 Å². The zero-order valence-corrected chi connectivity index (χ0v) is 10.4. The van der Waals surface area contributed by atoms with Crippen molar-refractivity contribution in [3.8, 4) is 0 Å². The van der Waals surface area contributed by atoms with Gasteiger partial charge in [-0.2, -0.15) is 0 Å². The molecule has 0 aliphatic carbocycles. The van der Waals surface area contributed by atoms with E-state index < -0.39 is 36.2 Å². The lowest BCUT2D eigenvalue weighted by Gasteiger charge is -2.17. The summed E-state index contributed by atoms with van der Waals surface area (Å²) in [4.78, 5) is 22.1. The largest absolute Gasteiger partial charge is 0.481 e. The number of aliphatic carboxylic acids is 1. The van der Waals surface area contributed by atoms with E-state index in [2.05, 4.69) is 16.6 Å². The Labute approximate surface area is 113 Å². The van der Waals surface area contributed by atoms with Crippen LogP contribution in [0, 0.1) is 11.6 Å². The van der Waals surface area contributed by atoms with Gasteiger partial charge in [-0.25, -0.2) is 13.6 Å². The van der Waals surface area contributed by atoms with E-state index in [1.165, 1.54) is 6.08 Å². The van der Waals surface area contributed by atoms with Gasteiger partial charge in [-0.15, -0.1) is 0 Å². The van der Waals surface area contributed by atoms with Crippen LogP contribution in [-0.4, -0.2) is 23.8 Å². The second-order valence-electron chi connectivity index (χ2n) is 3.85. The highest BCUT2D eigenvalue weighted by Crippen LogP contribution is 2.21. The normalized spacial score (nSPS) is 11.5. The van der Waals surface area contributed by atoms with Crippen molar-refractivity contribution in [1.82, 2.24) is 5.32 Å². The molecule has 1 atom stereocenters. The van der Waals surface area contributed by atoms with Crippen LogP contribution in [0.25, 0.3) is 0 Å². The summed E-state index contributed by atoms with van der Waals surface area (Å²) >= 11 is 0. The molecule has 0 heterocycles. The first-order valence-corrected chi connectivity index (χ1v) is 5.65. The minimum Gasteiger partial charge on any atom is -0.481 e. The van der Waals surface area contributed by atoms with Gasteiger partial charge in [0, 0.05) is 11.6 Å². The Morgan fingerprint density at radius 3 is 2.70 bits per heavy atom. The lowest BCUT2D eigenvalue weighted by molar-refractivity contribution is -0.137. The van der Waals surface area contributed by atoms with Crippen molar-refractivity contribution in [3.63, 3.8) is 0 Å². The number of hydrogen-bond acceptors (Lipinski definition) is 3. The van der Waals surface area contributed by atoms with Gasteiger partial charge in [0.05, 0.1) is 12.5 Å². The summed E-state index contributed by atoms with van der Waals surface area (Å²) in [6.45, 7) is 3.27. The number of benzene rings is 1. The molecular formula is C13H13F2NO4. The zero-order valence-electron chi connectivity index (χ0n) is 10.4. The molecule has 0 saturated carbocycles. The Balaban J connectivity index is 2.90. The predicted octanol–water partition coefficient (Wildman–Crippen LogP) is 2.39. The fourth-order valence-corrected chi connectivity index (χ4v) is 1.52. The van der Waals surface area contributed by atoms with E-state index in [9.17, 15) is 18.4 Å². The van der Waals surface area contributed by atoms with E-state index in [0.717, 1.165) is 12.1 Å². The molecule has 5 nitrogen and oxygen atoms in total. The predicted molar refractivity (Wildman–Crippen MR) is 66.0 cm³/mol. The van der Waals surface area contributed by atoms with E-state index in [4.69, 9.17) is 5.11 Å². The fraction of sp³-hybridized carbons (Fsp3) is 0.231. The van der Waals surface area contributed by atoms with Gasteiger partial charge < -0.3 is 15.2 Å². The van der Waals surface area contributed by atoms with Gasteiger partial charge in [0.1, 0.15) is 18.2 Å². The first-order valence-electron chi connectivity index (χ1n) is 5.65. The molecule has 1 amide bonds. The molecule has 0 aliphatic heterocycles. The summed E-state index contributed by atoms with van der Waals surface area (Å²) in [5.74, 6) is -2.99. The molecule has 7 heteroatoms. The van der Waals surface area contributed by atoms with E-state index in [1.807, 2.05) is 0 Å². The molecule has 108 valence electrons. The fourth-order valence-electron chi connectivity index (χ4n) is 1.52. The Morgan fingerprint density at radius 2 is 2.15 bits per heavy atom. The van der Waals surface area contributed by atoms with Crippen molar-refractivity contribution in [1.29, 1.82) is 0 Å². The third-order valence-electron chi connectivity index (χ3n) is 2.34. The number of carboxylic acids is 1. The number of halogens is 2. The molecule has 0 spiro atoms. The number of carbonyl (C=O) groups excluding carboxylic acids is 1. The first-order chi connectivity index (χ1) is 9.43. The summed E-state index contributed by atoms with van der Waals surface area (Å²) < 4.78 is 31.1. The highest BCUT2D eigenvalue weighted by Gasteiger charge is 2.22. The maximum Gasteiger partial charge on any atom is 0.407 e. The first kappa shape index (κ1) is 15.6. The minimum atomic E-state index is -1.25. The molecule has 0 aliphatic rings. The van der Waals surface area contributed by atoms with E-state index >= 15 is 0 Å². The van der Waals surface area contributed by atoms with Crippen LogP contribution in [0.15, 0.2) is 30.9 Å². The number of alkyl carbamates (subject to hydrolysis) is 1. The quantitative estimate of drug-likeness (QED) is 0.787. The maximum atomic E-state index is 13.6. The standard InChI is InChI=1S/C13H13F2NO4/c1-2-5-20-13(19)16-11(7-12(17)18)9-4-3-8(14)6-10(9)15/h2-4,6,11H,1,5,7H2,(H,16,19)(H,17,18). The molecule has 1 aromatic carbocycles. The second-order valence-corrected chi connectivity index (χ2v) is 3.85. The number of nitrogens with one attached hydrogen (secondary N) is 1. The second kappa shape index (κ2) is 7.22. The van der Waals surface area contributed by atoms with Crippen molar-refractivity contribution in [2.75, 3.05) is 6.61 Å². The molecule has 0 radical (unpaired) electrons. The van der Waals surface area contributed by atoms with Crippen molar-refractivity contribution < 1.29 is 28.2 Å².